The molecule has 0 saturated carbocycles. The molecule has 0 saturated heterocycles. The van der Waals surface area contributed by atoms with Crippen LogP contribution in [0.25, 0.3) is 0 Å². The van der Waals surface area contributed by atoms with Crippen LogP contribution >= 0.6 is 0 Å². The predicted molar refractivity (Wildman–Crippen MR) is 41.8 cm³/mol. The predicted octanol–water partition coefficient (Wildman–Crippen LogP) is 0.976. The Morgan fingerprint density at radius 3 is 2.40 bits per heavy atom. The van der Waals surface area contributed by atoms with Crippen LogP contribution in [0, 0.1) is 6.92 Å². The first-order chi connectivity index (χ1) is 4.72. The molecule has 10 heavy (non-hydrogen) atoms. The van der Waals surface area contributed by atoms with Gasteiger partial charge in [0.05, 0.1) is 4.90 Å². The number of hydrogen-bond donors (Lipinski definition) is 1. The highest BCUT2D eigenvalue weighted by atomic mass is 32.2. The number of rotatable bonds is 1. The highest BCUT2D eigenvalue weighted by molar-refractivity contribution is 7.82. The summed E-state index contributed by atoms with van der Waals surface area (Å²) in [5.41, 5.74) is 0.975. The minimum Gasteiger partial charge on any atom is -0.248 e. The van der Waals surface area contributed by atoms with Crippen molar-refractivity contribution < 1.29 is 4.21 Å². The first kappa shape index (κ1) is 7.44. The molecule has 2 nitrogen and oxygen atoms in total. The second-order valence-corrected chi connectivity index (χ2v) is 3.10. The fourth-order valence-corrected chi connectivity index (χ4v) is 1.38. The molecule has 0 radical (unpaired) electrons. The second kappa shape index (κ2) is 2.94. The summed E-state index contributed by atoms with van der Waals surface area (Å²) in [6.07, 6.45) is 0. The monoisotopic (exact) mass is 155 g/mol. The molecule has 0 fully saturated rings. The van der Waals surface area contributed by atoms with Crippen molar-refractivity contribution in [2.24, 2.45) is 5.14 Å². The summed E-state index contributed by atoms with van der Waals surface area (Å²) in [7, 11) is -1.34. The largest absolute Gasteiger partial charge is 0.248 e. The summed E-state index contributed by atoms with van der Waals surface area (Å²) in [6.45, 7) is 1.89. The molecule has 0 aliphatic heterocycles. The maximum atomic E-state index is 10.8. The van der Waals surface area contributed by atoms with Gasteiger partial charge in [-0.05, 0) is 18.6 Å². The minimum atomic E-state index is -1.34. The fraction of sp³-hybridized carbons (Fsp3) is 0.143. The van der Waals surface area contributed by atoms with Crippen molar-refractivity contribution >= 4 is 11.0 Å². The summed E-state index contributed by atoms with van der Waals surface area (Å²) in [5, 5.41) is 5.19. The molecule has 0 amide bonds. The summed E-state index contributed by atoms with van der Waals surface area (Å²) < 4.78 is 10.8. The molecule has 0 spiro atoms. The van der Waals surface area contributed by atoms with Gasteiger partial charge in [-0.2, -0.15) is 0 Å². The van der Waals surface area contributed by atoms with E-state index in [1.807, 2.05) is 25.1 Å². The smallest absolute Gasteiger partial charge is 0.122 e. The first-order valence-electron chi connectivity index (χ1n) is 2.93. The van der Waals surface area contributed by atoms with E-state index >= 15 is 0 Å². The van der Waals surface area contributed by atoms with Crippen LogP contribution in [0.5, 0.6) is 0 Å². The molecular weight excluding hydrogens is 146 g/mol. The van der Waals surface area contributed by atoms with Crippen LogP contribution in [-0.2, 0) is 11.0 Å². The zero-order valence-corrected chi connectivity index (χ0v) is 6.52. The molecule has 1 aromatic rings. The Balaban J connectivity index is 3.15. The highest BCUT2D eigenvalue weighted by Crippen LogP contribution is 2.08. The van der Waals surface area contributed by atoms with Gasteiger partial charge in [0.25, 0.3) is 0 Å². The van der Waals surface area contributed by atoms with E-state index in [4.69, 9.17) is 5.14 Å². The van der Waals surface area contributed by atoms with Crippen LogP contribution in [0.1, 0.15) is 5.56 Å². The van der Waals surface area contributed by atoms with E-state index in [0.29, 0.717) is 4.90 Å². The van der Waals surface area contributed by atoms with Gasteiger partial charge in [-0.25, -0.2) is 9.35 Å². The Hall–Kier alpha value is -0.670. The number of benzene rings is 1. The van der Waals surface area contributed by atoms with Gasteiger partial charge in [0.15, 0.2) is 0 Å². The summed E-state index contributed by atoms with van der Waals surface area (Å²) in [4.78, 5) is 0.711. The average Bonchev–Trinajstić information content (AvgIpc) is 1.88. The van der Waals surface area contributed by atoms with Crippen molar-refractivity contribution in [3.63, 3.8) is 0 Å². The Morgan fingerprint density at radius 1 is 1.40 bits per heavy atom. The van der Waals surface area contributed by atoms with Crippen LogP contribution < -0.4 is 5.14 Å². The number of hydrogen-bond acceptors (Lipinski definition) is 1. The minimum absolute atomic E-state index is 0.711. The van der Waals surface area contributed by atoms with Gasteiger partial charge in [-0.1, -0.05) is 18.2 Å². The molecule has 1 aromatic carbocycles. The third-order valence-electron chi connectivity index (χ3n) is 1.31. The third kappa shape index (κ3) is 1.43. The van der Waals surface area contributed by atoms with E-state index in [-0.39, 0.29) is 0 Å². The number of aryl methyl sites for hydroxylation is 1. The molecule has 0 aromatic heterocycles. The van der Waals surface area contributed by atoms with Gasteiger partial charge in [0.1, 0.15) is 11.0 Å². The standard InChI is InChI=1S/C7H9NOS/c1-6-4-2-3-5-7(6)10(8)9/h2-5H,8H2,1H3/t10-/m1/s1. The van der Waals surface area contributed by atoms with Crippen LogP contribution in [0.2, 0.25) is 0 Å². The first-order valence-corrected chi connectivity index (χ1v) is 4.15. The Kier molecular flexibility index (Phi) is 2.19. The molecule has 1 atom stereocenters. The van der Waals surface area contributed by atoms with Gasteiger partial charge in [-0.3, -0.25) is 0 Å². The summed E-state index contributed by atoms with van der Waals surface area (Å²) in [5.74, 6) is 0. The maximum Gasteiger partial charge on any atom is 0.122 e. The van der Waals surface area contributed by atoms with Crippen molar-refractivity contribution in [2.75, 3.05) is 0 Å². The summed E-state index contributed by atoms with van der Waals surface area (Å²) >= 11 is 0. The Labute approximate surface area is 62.6 Å². The van der Waals surface area contributed by atoms with Crippen LogP contribution in [0.3, 0.4) is 0 Å². The zero-order valence-electron chi connectivity index (χ0n) is 5.70. The molecule has 3 heteroatoms. The fourth-order valence-electron chi connectivity index (χ4n) is 0.782. The lowest BCUT2D eigenvalue weighted by molar-refractivity contribution is 0.684. The Morgan fingerprint density at radius 2 is 2.00 bits per heavy atom. The molecular formula is C7H9NOS. The molecule has 0 heterocycles. The van der Waals surface area contributed by atoms with Crippen molar-refractivity contribution in [2.45, 2.75) is 11.8 Å². The van der Waals surface area contributed by atoms with E-state index in [2.05, 4.69) is 0 Å². The SMILES string of the molecule is Cc1ccccc1[S@](N)=O. The lowest BCUT2D eigenvalue weighted by atomic mass is 10.2. The van der Waals surface area contributed by atoms with Crippen molar-refractivity contribution in [1.29, 1.82) is 0 Å². The average molecular weight is 155 g/mol. The number of nitrogens with two attached hydrogens (primary N) is 1. The van der Waals surface area contributed by atoms with Crippen molar-refractivity contribution in [1.82, 2.24) is 0 Å². The van der Waals surface area contributed by atoms with E-state index in [9.17, 15) is 4.21 Å². The lowest BCUT2D eigenvalue weighted by Gasteiger charge is -1.98. The molecule has 2 N–H and O–H groups in total. The van der Waals surface area contributed by atoms with Crippen LogP contribution in [0.4, 0.5) is 0 Å². The lowest BCUT2D eigenvalue weighted by Crippen LogP contribution is -2.03. The molecule has 0 aliphatic rings. The summed E-state index contributed by atoms with van der Waals surface area (Å²) in [6, 6.07) is 7.38. The molecule has 0 unspecified atom stereocenters. The normalized spacial score (nSPS) is 13.0. The molecule has 0 aliphatic carbocycles. The maximum absolute atomic E-state index is 10.8. The van der Waals surface area contributed by atoms with Crippen molar-refractivity contribution in [3.05, 3.63) is 29.8 Å². The van der Waals surface area contributed by atoms with E-state index in [0.717, 1.165) is 5.56 Å². The van der Waals surface area contributed by atoms with Gasteiger partial charge in [-0.15, -0.1) is 0 Å². The topological polar surface area (TPSA) is 43.1 Å². The van der Waals surface area contributed by atoms with Crippen LogP contribution in [-0.4, -0.2) is 4.21 Å². The third-order valence-corrected chi connectivity index (χ3v) is 2.20. The molecule has 54 valence electrons. The zero-order chi connectivity index (χ0) is 7.56. The Bertz CT molecular complexity index is 260. The van der Waals surface area contributed by atoms with Gasteiger partial charge in [0.2, 0.25) is 0 Å². The van der Waals surface area contributed by atoms with E-state index in [1.165, 1.54) is 0 Å². The van der Waals surface area contributed by atoms with Gasteiger partial charge < -0.3 is 0 Å². The van der Waals surface area contributed by atoms with Crippen LogP contribution in [0.15, 0.2) is 29.2 Å². The quantitative estimate of drug-likeness (QED) is 0.645. The highest BCUT2D eigenvalue weighted by Gasteiger charge is 1.98. The van der Waals surface area contributed by atoms with Crippen molar-refractivity contribution in [3.8, 4) is 0 Å². The second-order valence-electron chi connectivity index (χ2n) is 2.06. The van der Waals surface area contributed by atoms with E-state index in [1.54, 1.807) is 6.07 Å². The molecule has 0 bridgehead atoms. The van der Waals surface area contributed by atoms with Gasteiger partial charge >= 0.3 is 0 Å². The van der Waals surface area contributed by atoms with Gasteiger partial charge in [0, 0.05) is 0 Å². The molecule has 1 rings (SSSR count). The van der Waals surface area contributed by atoms with E-state index < -0.39 is 11.0 Å².